The molecule has 2 aromatic heterocycles. The highest BCUT2D eigenvalue weighted by Crippen LogP contribution is 2.31. The lowest BCUT2D eigenvalue weighted by atomic mass is 10.1. The van der Waals surface area contributed by atoms with Crippen LogP contribution in [0.15, 0.2) is 60.7 Å². The quantitative estimate of drug-likeness (QED) is 0.296. The van der Waals surface area contributed by atoms with E-state index in [4.69, 9.17) is 14.2 Å². The number of pyridine rings is 1. The van der Waals surface area contributed by atoms with Crippen LogP contribution in [0.3, 0.4) is 0 Å². The minimum Gasteiger partial charge on any atom is -0.486 e. The monoisotopic (exact) mass is 470 g/mol. The number of aromatic nitrogens is 2. The second kappa shape index (κ2) is 9.25. The van der Waals surface area contributed by atoms with Gasteiger partial charge in [-0.05, 0) is 51.1 Å². The van der Waals surface area contributed by atoms with Crippen molar-refractivity contribution in [3.8, 4) is 11.5 Å². The maximum Gasteiger partial charge on any atom is 0.339 e. The highest BCUT2D eigenvalue weighted by molar-refractivity contribution is 6.05. The van der Waals surface area contributed by atoms with Crippen LogP contribution in [0, 0.1) is 20.8 Å². The number of rotatable bonds is 6. The summed E-state index contributed by atoms with van der Waals surface area (Å²) in [5.74, 6) is 0.659. The van der Waals surface area contributed by atoms with E-state index in [9.17, 15) is 9.59 Å². The van der Waals surface area contributed by atoms with Gasteiger partial charge in [0.05, 0.1) is 17.6 Å². The Morgan fingerprint density at radius 1 is 1.00 bits per heavy atom. The minimum atomic E-state index is -0.541. The minimum absolute atomic E-state index is 0.182. The van der Waals surface area contributed by atoms with Crippen molar-refractivity contribution in [3.63, 3.8) is 0 Å². The van der Waals surface area contributed by atoms with E-state index >= 15 is 0 Å². The van der Waals surface area contributed by atoms with E-state index in [-0.39, 0.29) is 18.5 Å². The molecule has 0 radical (unpaired) electrons. The molecule has 0 aliphatic carbocycles. The number of carbonyl (C=O) groups excluding carboxylic acids is 2. The molecule has 0 amide bonds. The van der Waals surface area contributed by atoms with Crippen LogP contribution in [0.5, 0.6) is 11.5 Å². The largest absolute Gasteiger partial charge is 0.486 e. The van der Waals surface area contributed by atoms with Gasteiger partial charge in [0.2, 0.25) is 5.78 Å². The van der Waals surface area contributed by atoms with Crippen LogP contribution < -0.4 is 9.47 Å². The zero-order valence-electron chi connectivity index (χ0n) is 19.9. The number of hydrogen-bond acceptors (Lipinski definition) is 6. The number of esters is 1. The number of benzene rings is 2. The molecule has 0 N–H and O–H groups in total. The summed E-state index contributed by atoms with van der Waals surface area (Å²) in [6.45, 7) is 6.28. The summed E-state index contributed by atoms with van der Waals surface area (Å²) in [6, 6.07) is 18.5. The van der Waals surface area contributed by atoms with Crippen LogP contribution >= 0.6 is 0 Å². The topological polar surface area (TPSA) is 79.7 Å². The van der Waals surface area contributed by atoms with Crippen molar-refractivity contribution >= 4 is 22.7 Å². The van der Waals surface area contributed by atoms with Crippen molar-refractivity contribution in [2.24, 2.45) is 0 Å². The van der Waals surface area contributed by atoms with Crippen molar-refractivity contribution < 1.29 is 23.8 Å². The summed E-state index contributed by atoms with van der Waals surface area (Å²) < 4.78 is 19.4. The molecule has 1 aliphatic rings. The number of ketones is 1. The highest BCUT2D eigenvalue weighted by Gasteiger charge is 2.24. The molecule has 35 heavy (non-hydrogen) atoms. The van der Waals surface area contributed by atoms with E-state index in [2.05, 4.69) is 4.98 Å². The molecule has 3 heterocycles. The predicted octanol–water partition coefficient (Wildman–Crippen LogP) is 4.84. The number of aryl methyl sites for hydroxylation is 2. The van der Waals surface area contributed by atoms with Crippen molar-refractivity contribution in [2.45, 2.75) is 33.4 Å². The molecule has 7 heteroatoms. The fraction of sp³-hybridized carbons (Fsp3) is 0.250. The summed E-state index contributed by atoms with van der Waals surface area (Å²) in [4.78, 5) is 30.3. The SMILES string of the molecule is Cc1cc(C(=O)OCC(=O)c2cc(C)n(CC3COc4ccccc4O3)c2C)c2ccccc2n1. The first kappa shape index (κ1) is 22.7. The van der Waals surface area contributed by atoms with E-state index in [1.54, 1.807) is 6.07 Å². The summed E-state index contributed by atoms with van der Waals surface area (Å²) in [5, 5.41) is 0.699. The van der Waals surface area contributed by atoms with Crippen molar-refractivity contribution in [2.75, 3.05) is 13.2 Å². The molecule has 1 aliphatic heterocycles. The lowest BCUT2D eigenvalue weighted by Crippen LogP contribution is -2.33. The van der Waals surface area contributed by atoms with Gasteiger partial charge >= 0.3 is 5.97 Å². The first-order valence-electron chi connectivity index (χ1n) is 11.5. The van der Waals surface area contributed by atoms with Gasteiger partial charge in [-0.2, -0.15) is 0 Å². The Hall–Kier alpha value is -4.13. The molecule has 0 bridgehead atoms. The Balaban J connectivity index is 1.28. The van der Waals surface area contributed by atoms with Crippen LogP contribution in [0.25, 0.3) is 10.9 Å². The smallest absolute Gasteiger partial charge is 0.339 e. The van der Waals surface area contributed by atoms with Crippen molar-refractivity contribution in [1.29, 1.82) is 0 Å². The van der Waals surface area contributed by atoms with Crippen LogP contribution in [-0.2, 0) is 11.3 Å². The molecular weight excluding hydrogens is 444 g/mol. The number of ether oxygens (including phenoxy) is 3. The zero-order valence-corrected chi connectivity index (χ0v) is 19.9. The third-order valence-corrected chi connectivity index (χ3v) is 6.23. The lowest BCUT2D eigenvalue weighted by Gasteiger charge is -2.27. The molecule has 1 unspecified atom stereocenters. The van der Waals surface area contributed by atoms with Gasteiger partial charge in [-0.1, -0.05) is 30.3 Å². The molecule has 0 fully saturated rings. The number of para-hydroxylation sites is 3. The Morgan fingerprint density at radius 2 is 1.74 bits per heavy atom. The molecule has 7 nitrogen and oxygen atoms in total. The van der Waals surface area contributed by atoms with Crippen molar-refractivity contribution in [3.05, 3.63) is 88.9 Å². The number of nitrogens with zero attached hydrogens (tertiary/aromatic N) is 2. The Morgan fingerprint density at radius 3 is 2.57 bits per heavy atom. The molecule has 5 rings (SSSR count). The number of carbonyl (C=O) groups is 2. The van der Waals surface area contributed by atoms with Crippen LogP contribution in [0.1, 0.15) is 37.8 Å². The van der Waals surface area contributed by atoms with E-state index in [1.165, 1.54) is 0 Å². The average Bonchev–Trinajstić information content (AvgIpc) is 3.15. The van der Waals surface area contributed by atoms with Gasteiger partial charge in [-0.3, -0.25) is 9.78 Å². The molecular formula is C28H26N2O5. The molecule has 2 aromatic carbocycles. The van der Waals surface area contributed by atoms with Gasteiger partial charge in [-0.15, -0.1) is 0 Å². The molecule has 178 valence electrons. The van der Waals surface area contributed by atoms with Crippen LogP contribution in [0.2, 0.25) is 0 Å². The van der Waals surface area contributed by atoms with Crippen LogP contribution in [-0.4, -0.2) is 40.6 Å². The van der Waals surface area contributed by atoms with Crippen LogP contribution in [0.4, 0.5) is 0 Å². The molecule has 1 atom stereocenters. The molecule has 0 saturated heterocycles. The van der Waals surface area contributed by atoms with Gasteiger partial charge in [0.15, 0.2) is 24.2 Å². The Labute approximate surface area is 203 Å². The van der Waals surface area contributed by atoms with Crippen molar-refractivity contribution in [1.82, 2.24) is 9.55 Å². The number of Topliss-reactive ketones (excluding diaryl/α,β-unsaturated/α-hetero) is 1. The second-order valence-electron chi connectivity index (χ2n) is 8.72. The normalized spacial score (nSPS) is 14.7. The lowest BCUT2D eigenvalue weighted by molar-refractivity contribution is 0.0476. The third kappa shape index (κ3) is 4.49. The number of hydrogen-bond donors (Lipinski definition) is 0. The van der Waals surface area contributed by atoms with Gasteiger partial charge in [0.1, 0.15) is 6.61 Å². The maximum atomic E-state index is 13.0. The third-order valence-electron chi connectivity index (χ3n) is 6.23. The van der Waals surface area contributed by atoms with Gasteiger partial charge in [-0.25, -0.2) is 4.79 Å². The fourth-order valence-electron chi connectivity index (χ4n) is 4.48. The molecule has 0 saturated carbocycles. The highest BCUT2D eigenvalue weighted by atomic mass is 16.6. The summed E-state index contributed by atoms with van der Waals surface area (Å²) in [6.07, 6.45) is -0.182. The average molecular weight is 471 g/mol. The fourth-order valence-corrected chi connectivity index (χ4v) is 4.48. The maximum absolute atomic E-state index is 13.0. The number of fused-ring (bicyclic) bond motifs is 2. The Kier molecular flexibility index (Phi) is 5.99. The van der Waals surface area contributed by atoms with E-state index < -0.39 is 5.97 Å². The van der Waals surface area contributed by atoms with Gasteiger partial charge in [0.25, 0.3) is 0 Å². The second-order valence-corrected chi connectivity index (χ2v) is 8.72. The Bertz CT molecular complexity index is 1440. The van der Waals surface area contributed by atoms with E-state index in [0.29, 0.717) is 46.6 Å². The summed E-state index contributed by atoms with van der Waals surface area (Å²) in [5.41, 5.74) is 4.09. The zero-order chi connectivity index (χ0) is 24.5. The molecule has 4 aromatic rings. The van der Waals surface area contributed by atoms with E-state index in [0.717, 1.165) is 17.1 Å². The summed E-state index contributed by atoms with van der Waals surface area (Å²) in [7, 11) is 0. The summed E-state index contributed by atoms with van der Waals surface area (Å²) >= 11 is 0. The first-order chi connectivity index (χ1) is 16.9. The first-order valence-corrected chi connectivity index (χ1v) is 11.5. The molecule has 0 spiro atoms. The standard InChI is InChI=1S/C28H26N2O5/c1-17-12-23(21-8-4-5-9-24(21)29-17)28(32)34-16-25(31)22-13-18(2)30(19(22)3)14-20-15-33-26-10-6-7-11-27(26)35-20/h4-13,20H,14-16H2,1-3H3. The predicted molar refractivity (Wildman–Crippen MR) is 131 cm³/mol. The van der Waals surface area contributed by atoms with Gasteiger partial charge < -0.3 is 18.8 Å². The van der Waals surface area contributed by atoms with Gasteiger partial charge in [0, 0.05) is 28.0 Å². The van der Waals surface area contributed by atoms with E-state index in [1.807, 2.05) is 79.9 Å².